The van der Waals surface area contributed by atoms with Gasteiger partial charge in [-0.15, -0.1) is 5.10 Å². The third-order valence-electron chi connectivity index (χ3n) is 4.94. The smallest absolute Gasteiger partial charge is 0.280 e. The molecule has 0 bridgehead atoms. The average Bonchev–Trinajstić information content (AvgIpc) is 3.36. The zero-order chi connectivity index (χ0) is 22.7. The molecule has 0 spiro atoms. The second-order valence-corrected chi connectivity index (χ2v) is 7.91. The summed E-state index contributed by atoms with van der Waals surface area (Å²) in [6.45, 7) is 6.35. The van der Waals surface area contributed by atoms with Crippen LogP contribution in [0.5, 0.6) is 5.75 Å². The van der Waals surface area contributed by atoms with E-state index >= 15 is 0 Å². The second-order valence-electron chi connectivity index (χ2n) is 7.47. The molecule has 0 atom stereocenters. The Balaban J connectivity index is 1.43. The molecule has 8 nitrogen and oxygen atoms in total. The van der Waals surface area contributed by atoms with Gasteiger partial charge in [0.1, 0.15) is 24.4 Å². The topological polar surface area (TPSA) is 95.1 Å². The number of hydrogen-bond acceptors (Lipinski definition) is 6. The lowest BCUT2D eigenvalue weighted by Gasteiger charge is -2.10. The standard InChI is InChI=1S/C23H22ClN5O3/c1-14-4-5-15(2)20(10-14)31-12-19-16(3)32-28-21(19)22(30)26-23-25-13-29(27-23)11-17-6-8-18(24)9-7-17/h4-10,13H,11-12H2,1-3H3,(H,26,27,30). The number of hydrogen-bond donors (Lipinski definition) is 1. The summed E-state index contributed by atoms with van der Waals surface area (Å²) < 4.78 is 12.8. The Bertz CT molecular complexity index is 1250. The van der Waals surface area contributed by atoms with E-state index in [0.717, 1.165) is 22.4 Å². The van der Waals surface area contributed by atoms with Crippen LogP contribution in [-0.2, 0) is 13.2 Å². The molecule has 32 heavy (non-hydrogen) atoms. The minimum atomic E-state index is -0.467. The number of nitrogens with zero attached hydrogens (tertiary/aromatic N) is 4. The molecule has 2 aromatic carbocycles. The van der Waals surface area contributed by atoms with Gasteiger partial charge in [-0.25, -0.2) is 9.67 Å². The highest BCUT2D eigenvalue weighted by Gasteiger charge is 2.22. The summed E-state index contributed by atoms with van der Waals surface area (Å²) >= 11 is 5.92. The van der Waals surface area contributed by atoms with Crippen molar-refractivity contribution in [3.8, 4) is 5.75 Å². The van der Waals surface area contributed by atoms with Crippen molar-refractivity contribution in [2.24, 2.45) is 0 Å². The number of anilines is 1. The van der Waals surface area contributed by atoms with Crippen LogP contribution in [0, 0.1) is 20.8 Å². The molecule has 0 saturated carbocycles. The normalized spacial score (nSPS) is 10.9. The van der Waals surface area contributed by atoms with Crippen LogP contribution in [0.2, 0.25) is 5.02 Å². The molecule has 0 saturated heterocycles. The van der Waals surface area contributed by atoms with Gasteiger partial charge >= 0.3 is 0 Å². The molecule has 0 aliphatic rings. The Morgan fingerprint density at radius 3 is 2.72 bits per heavy atom. The van der Waals surface area contributed by atoms with E-state index in [1.54, 1.807) is 17.9 Å². The summed E-state index contributed by atoms with van der Waals surface area (Å²) in [5.74, 6) is 0.970. The summed E-state index contributed by atoms with van der Waals surface area (Å²) in [6.07, 6.45) is 1.54. The lowest BCUT2D eigenvalue weighted by atomic mass is 10.1. The van der Waals surface area contributed by atoms with Crippen LogP contribution in [0.15, 0.2) is 53.3 Å². The molecule has 0 unspecified atom stereocenters. The number of carbonyl (C=O) groups excluding carboxylic acids is 1. The van der Waals surface area contributed by atoms with Crippen LogP contribution in [-0.4, -0.2) is 25.8 Å². The van der Waals surface area contributed by atoms with E-state index in [0.29, 0.717) is 22.9 Å². The van der Waals surface area contributed by atoms with Crippen molar-refractivity contribution in [2.45, 2.75) is 33.9 Å². The fourth-order valence-corrected chi connectivity index (χ4v) is 3.24. The number of halogens is 1. The zero-order valence-electron chi connectivity index (χ0n) is 17.9. The number of aryl methyl sites for hydroxylation is 3. The van der Waals surface area contributed by atoms with Gasteiger partial charge in [-0.2, -0.15) is 0 Å². The molecule has 4 aromatic rings. The van der Waals surface area contributed by atoms with E-state index in [2.05, 4.69) is 20.6 Å². The molecule has 164 valence electrons. The van der Waals surface area contributed by atoms with E-state index in [9.17, 15) is 4.79 Å². The maximum absolute atomic E-state index is 12.8. The molecule has 0 radical (unpaired) electrons. The zero-order valence-corrected chi connectivity index (χ0v) is 18.7. The van der Waals surface area contributed by atoms with Crippen molar-refractivity contribution >= 4 is 23.5 Å². The quantitative estimate of drug-likeness (QED) is 0.436. The molecule has 4 rings (SSSR count). The summed E-state index contributed by atoms with van der Waals surface area (Å²) in [6, 6.07) is 13.4. The first-order valence-electron chi connectivity index (χ1n) is 9.99. The number of rotatable bonds is 7. The van der Waals surface area contributed by atoms with E-state index < -0.39 is 5.91 Å². The van der Waals surface area contributed by atoms with Crippen LogP contribution in [0.25, 0.3) is 0 Å². The van der Waals surface area contributed by atoms with Crippen molar-refractivity contribution in [1.29, 1.82) is 0 Å². The van der Waals surface area contributed by atoms with Gasteiger partial charge in [-0.3, -0.25) is 10.1 Å². The summed E-state index contributed by atoms with van der Waals surface area (Å²) in [7, 11) is 0. The molecule has 1 amide bonds. The van der Waals surface area contributed by atoms with Gasteiger partial charge < -0.3 is 9.26 Å². The van der Waals surface area contributed by atoms with Gasteiger partial charge in [0.2, 0.25) is 5.95 Å². The van der Waals surface area contributed by atoms with E-state index in [1.165, 1.54) is 0 Å². The van der Waals surface area contributed by atoms with Gasteiger partial charge in [0.25, 0.3) is 5.91 Å². The van der Waals surface area contributed by atoms with Crippen LogP contribution in [0.3, 0.4) is 0 Å². The maximum atomic E-state index is 12.8. The number of nitrogens with one attached hydrogen (secondary N) is 1. The molecule has 0 fully saturated rings. The molecule has 0 aliphatic heterocycles. The third-order valence-corrected chi connectivity index (χ3v) is 5.19. The first-order valence-corrected chi connectivity index (χ1v) is 10.4. The van der Waals surface area contributed by atoms with E-state index in [1.807, 2.05) is 56.3 Å². The predicted octanol–water partition coefficient (Wildman–Crippen LogP) is 4.72. The number of aromatic nitrogens is 4. The molecule has 9 heteroatoms. The Kier molecular flexibility index (Phi) is 6.23. The SMILES string of the molecule is Cc1ccc(C)c(OCc2c(C(=O)Nc3ncn(Cc4ccc(Cl)cc4)n3)noc2C)c1. The number of carbonyl (C=O) groups is 1. The van der Waals surface area contributed by atoms with Gasteiger partial charge in [0, 0.05) is 5.02 Å². The Labute approximate surface area is 190 Å². The minimum absolute atomic E-state index is 0.141. The lowest BCUT2D eigenvalue weighted by molar-refractivity contribution is 0.101. The van der Waals surface area contributed by atoms with Crippen LogP contribution in [0.1, 0.15) is 38.5 Å². The van der Waals surface area contributed by atoms with E-state index in [4.69, 9.17) is 20.9 Å². The number of ether oxygens (including phenoxy) is 1. The van der Waals surface area contributed by atoms with Gasteiger partial charge in [0.15, 0.2) is 5.69 Å². The lowest BCUT2D eigenvalue weighted by Crippen LogP contribution is -2.16. The summed E-state index contributed by atoms with van der Waals surface area (Å²) in [5, 5.41) is 11.5. The van der Waals surface area contributed by atoms with Crippen molar-refractivity contribution in [2.75, 3.05) is 5.32 Å². The first-order chi connectivity index (χ1) is 15.4. The van der Waals surface area contributed by atoms with E-state index in [-0.39, 0.29) is 18.2 Å². The largest absolute Gasteiger partial charge is 0.488 e. The highest BCUT2D eigenvalue weighted by molar-refractivity contribution is 6.30. The highest BCUT2D eigenvalue weighted by Crippen LogP contribution is 2.23. The second kappa shape index (κ2) is 9.23. The van der Waals surface area contributed by atoms with Crippen LogP contribution >= 0.6 is 11.6 Å². The number of benzene rings is 2. The molecule has 2 heterocycles. The Hall–Kier alpha value is -3.65. The Morgan fingerprint density at radius 2 is 1.94 bits per heavy atom. The van der Waals surface area contributed by atoms with Gasteiger partial charge in [-0.05, 0) is 55.7 Å². The van der Waals surface area contributed by atoms with Gasteiger partial charge in [0.05, 0.1) is 12.1 Å². The fourth-order valence-electron chi connectivity index (χ4n) is 3.12. The number of amides is 1. The van der Waals surface area contributed by atoms with Crippen LogP contribution in [0.4, 0.5) is 5.95 Å². The van der Waals surface area contributed by atoms with Crippen molar-refractivity contribution in [3.63, 3.8) is 0 Å². The summed E-state index contributed by atoms with van der Waals surface area (Å²) in [5.41, 5.74) is 3.82. The predicted molar refractivity (Wildman–Crippen MR) is 120 cm³/mol. The minimum Gasteiger partial charge on any atom is -0.488 e. The molecular weight excluding hydrogens is 430 g/mol. The Morgan fingerprint density at radius 1 is 1.16 bits per heavy atom. The first kappa shape index (κ1) is 21.6. The molecular formula is C23H22ClN5O3. The van der Waals surface area contributed by atoms with Gasteiger partial charge in [-0.1, -0.05) is 41.0 Å². The summed E-state index contributed by atoms with van der Waals surface area (Å²) in [4.78, 5) is 16.9. The maximum Gasteiger partial charge on any atom is 0.280 e. The average molecular weight is 452 g/mol. The third kappa shape index (κ3) is 4.97. The monoisotopic (exact) mass is 451 g/mol. The van der Waals surface area contributed by atoms with Crippen molar-refractivity contribution < 1.29 is 14.1 Å². The van der Waals surface area contributed by atoms with Crippen molar-refractivity contribution in [1.82, 2.24) is 19.9 Å². The molecule has 2 aromatic heterocycles. The highest BCUT2D eigenvalue weighted by atomic mass is 35.5. The molecule has 1 N–H and O–H groups in total. The van der Waals surface area contributed by atoms with Crippen LogP contribution < -0.4 is 10.1 Å². The molecule has 0 aliphatic carbocycles. The van der Waals surface area contributed by atoms with Crippen molar-refractivity contribution in [3.05, 3.63) is 87.5 Å². The fraction of sp³-hybridized carbons (Fsp3) is 0.217.